The number of benzene rings is 2. The fourth-order valence-electron chi connectivity index (χ4n) is 3.70. The van der Waals surface area contributed by atoms with Crippen LogP contribution in [0.3, 0.4) is 0 Å². The number of nitro groups is 1. The lowest BCUT2D eigenvalue weighted by molar-refractivity contribution is -0.384. The number of amides is 1. The molecule has 182 valence electrons. The first kappa shape index (κ1) is 24.8. The molecule has 35 heavy (non-hydrogen) atoms. The molecule has 2 heterocycles. The molecule has 1 fully saturated rings. The van der Waals surface area contributed by atoms with Gasteiger partial charge in [0.25, 0.3) is 11.6 Å². The standard InChI is InChI=1S/C23H20Cl2N4O5S/c1-33-15-3-5-18(19(13-15)29(31)32)27-8-10-28(11-9-27)23(35)26-22(30)21-7-6-20(34-21)14-2-4-16(24)17(25)12-14/h2-7,12-13H,8-11H2,1H3,(H,26,30,35). The molecule has 12 heteroatoms. The fourth-order valence-corrected chi connectivity index (χ4v) is 4.27. The normalized spacial score (nSPS) is 13.5. The van der Waals surface area contributed by atoms with E-state index in [2.05, 4.69) is 5.32 Å². The van der Waals surface area contributed by atoms with Crippen molar-refractivity contribution in [1.82, 2.24) is 10.2 Å². The van der Waals surface area contributed by atoms with Crippen LogP contribution in [0.15, 0.2) is 52.9 Å². The highest BCUT2D eigenvalue weighted by Gasteiger charge is 2.26. The zero-order valence-corrected chi connectivity index (χ0v) is 20.8. The molecule has 1 aliphatic rings. The molecule has 1 N–H and O–H groups in total. The number of methoxy groups -OCH3 is 1. The van der Waals surface area contributed by atoms with Gasteiger partial charge in [0.1, 0.15) is 17.2 Å². The van der Waals surface area contributed by atoms with E-state index >= 15 is 0 Å². The number of thiocarbonyl (C=S) groups is 1. The summed E-state index contributed by atoms with van der Waals surface area (Å²) < 4.78 is 10.8. The second-order valence-electron chi connectivity index (χ2n) is 7.64. The maximum atomic E-state index is 12.7. The van der Waals surface area contributed by atoms with Crippen LogP contribution in [0.4, 0.5) is 11.4 Å². The summed E-state index contributed by atoms with van der Waals surface area (Å²) in [4.78, 5) is 27.5. The van der Waals surface area contributed by atoms with E-state index in [0.29, 0.717) is 59.0 Å². The van der Waals surface area contributed by atoms with E-state index in [1.165, 1.54) is 13.2 Å². The van der Waals surface area contributed by atoms with Gasteiger partial charge in [0, 0.05) is 31.7 Å². The number of halogens is 2. The van der Waals surface area contributed by atoms with Crippen molar-refractivity contribution in [2.75, 3.05) is 38.2 Å². The summed E-state index contributed by atoms with van der Waals surface area (Å²) in [7, 11) is 1.46. The average Bonchev–Trinajstić information content (AvgIpc) is 3.36. The Balaban J connectivity index is 1.37. The molecule has 1 aliphatic heterocycles. The first-order chi connectivity index (χ1) is 16.8. The third kappa shape index (κ3) is 5.50. The van der Waals surface area contributed by atoms with Crippen molar-refractivity contribution < 1.29 is 18.9 Å². The number of carbonyl (C=O) groups excluding carboxylic acids is 1. The Morgan fingerprint density at radius 2 is 1.83 bits per heavy atom. The molecule has 3 aromatic rings. The molecule has 2 aromatic carbocycles. The van der Waals surface area contributed by atoms with Gasteiger partial charge in [-0.1, -0.05) is 23.2 Å². The molecule has 0 saturated carbocycles. The van der Waals surface area contributed by atoms with E-state index in [4.69, 9.17) is 44.6 Å². The lowest BCUT2D eigenvalue weighted by Gasteiger charge is -2.36. The van der Waals surface area contributed by atoms with Gasteiger partial charge in [-0.25, -0.2) is 0 Å². The summed E-state index contributed by atoms with van der Waals surface area (Å²) in [5.41, 5.74) is 1.17. The number of ether oxygens (including phenoxy) is 1. The van der Waals surface area contributed by atoms with Gasteiger partial charge in [0.05, 0.1) is 28.1 Å². The van der Waals surface area contributed by atoms with Crippen LogP contribution in [0.25, 0.3) is 11.3 Å². The number of nitrogens with zero attached hydrogens (tertiary/aromatic N) is 3. The van der Waals surface area contributed by atoms with Gasteiger partial charge >= 0.3 is 0 Å². The molecule has 1 aromatic heterocycles. The molecule has 1 amide bonds. The largest absolute Gasteiger partial charge is 0.496 e. The number of piperazine rings is 1. The summed E-state index contributed by atoms with van der Waals surface area (Å²) >= 11 is 17.4. The molecular weight excluding hydrogens is 515 g/mol. The van der Waals surface area contributed by atoms with E-state index in [9.17, 15) is 14.9 Å². The summed E-state index contributed by atoms with van der Waals surface area (Å²) in [5, 5.41) is 15.3. The van der Waals surface area contributed by atoms with Crippen LogP contribution in [0.2, 0.25) is 10.0 Å². The fraction of sp³-hybridized carbons (Fsp3) is 0.217. The van der Waals surface area contributed by atoms with Crippen LogP contribution < -0.4 is 15.0 Å². The van der Waals surface area contributed by atoms with Crippen molar-refractivity contribution >= 4 is 57.8 Å². The van der Waals surface area contributed by atoms with E-state index in [0.717, 1.165) is 0 Å². The zero-order valence-electron chi connectivity index (χ0n) is 18.5. The molecule has 9 nitrogen and oxygen atoms in total. The third-order valence-corrected chi connectivity index (χ3v) is 6.64. The van der Waals surface area contributed by atoms with Crippen LogP contribution in [-0.2, 0) is 0 Å². The number of nitrogens with one attached hydrogen (secondary N) is 1. The third-order valence-electron chi connectivity index (χ3n) is 5.54. The number of hydrogen-bond acceptors (Lipinski definition) is 7. The molecule has 0 spiro atoms. The zero-order chi connectivity index (χ0) is 25.1. The average molecular weight is 535 g/mol. The Morgan fingerprint density at radius 3 is 2.49 bits per heavy atom. The molecule has 0 bridgehead atoms. The summed E-state index contributed by atoms with van der Waals surface area (Å²) in [5.74, 6) is 0.507. The summed E-state index contributed by atoms with van der Waals surface area (Å²) in [6.45, 7) is 1.95. The molecular formula is C23H20Cl2N4O5S. The van der Waals surface area contributed by atoms with Crippen molar-refractivity contribution in [1.29, 1.82) is 0 Å². The molecule has 0 unspecified atom stereocenters. The second-order valence-corrected chi connectivity index (χ2v) is 8.84. The number of carbonyl (C=O) groups is 1. The van der Waals surface area contributed by atoms with Crippen LogP contribution in [0.1, 0.15) is 10.6 Å². The SMILES string of the molecule is COc1ccc(N2CCN(C(=S)NC(=O)c3ccc(-c4ccc(Cl)c(Cl)c4)o3)CC2)c([N+](=O)[O-])c1. The first-order valence-corrected chi connectivity index (χ1v) is 11.7. The molecule has 4 rings (SSSR count). The predicted octanol–water partition coefficient (Wildman–Crippen LogP) is 5.01. The minimum absolute atomic E-state index is 0.0238. The Bertz CT molecular complexity index is 1290. The number of rotatable bonds is 5. The number of anilines is 1. The van der Waals surface area contributed by atoms with E-state index < -0.39 is 10.8 Å². The maximum absolute atomic E-state index is 12.7. The Kier molecular flexibility index (Phi) is 7.44. The number of hydrogen-bond donors (Lipinski definition) is 1. The van der Waals surface area contributed by atoms with E-state index in [1.54, 1.807) is 42.5 Å². The molecule has 0 radical (unpaired) electrons. The first-order valence-electron chi connectivity index (χ1n) is 10.5. The van der Waals surface area contributed by atoms with Gasteiger partial charge in [-0.15, -0.1) is 0 Å². The van der Waals surface area contributed by atoms with Crippen LogP contribution in [-0.4, -0.2) is 54.1 Å². The quantitative estimate of drug-likeness (QED) is 0.277. The van der Waals surface area contributed by atoms with Crippen molar-refractivity contribution in [3.8, 4) is 17.1 Å². The van der Waals surface area contributed by atoms with Gasteiger partial charge in [-0.05, 0) is 54.7 Å². The van der Waals surface area contributed by atoms with Gasteiger partial charge in [-0.2, -0.15) is 0 Å². The summed E-state index contributed by atoms with van der Waals surface area (Å²) in [6, 6.07) is 13.0. The van der Waals surface area contributed by atoms with Gasteiger partial charge < -0.3 is 19.0 Å². The van der Waals surface area contributed by atoms with Crippen molar-refractivity contribution in [3.63, 3.8) is 0 Å². The monoisotopic (exact) mass is 534 g/mol. The Labute approximate surface area is 216 Å². The van der Waals surface area contributed by atoms with Crippen molar-refractivity contribution in [3.05, 3.63) is 74.5 Å². The van der Waals surface area contributed by atoms with Crippen molar-refractivity contribution in [2.45, 2.75) is 0 Å². The molecule has 1 saturated heterocycles. The number of nitro benzene ring substituents is 1. The Hall–Kier alpha value is -3.34. The van der Waals surface area contributed by atoms with Crippen LogP contribution in [0.5, 0.6) is 5.75 Å². The molecule has 0 aliphatic carbocycles. The van der Waals surface area contributed by atoms with E-state index in [1.807, 2.05) is 9.80 Å². The van der Waals surface area contributed by atoms with Gasteiger partial charge in [0.15, 0.2) is 10.9 Å². The highest BCUT2D eigenvalue weighted by atomic mass is 35.5. The minimum Gasteiger partial charge on any atom is -0.496 e. The lowest BCUT2D eigenvalue weighted by Crippen LogP contribution is -2.52. The highest BCUT2D eigenvalue weighted by Crippen LogP contribution is 2.33. The lowest BCUT2D eigenvalue weighted by atomic mass is 10.2. The topological polar surface area (TPSA) is 101 Å². The number of furan rings is 1. The Morgan fingerprint density at radius 1 is 1.09 bits per heavy atom. The summed E-state index contributed by atoms with van der Waals surface area (Å²) in [6.07, 6.45) is 0. The van der Waals surface area contributed by atoms with Crippen LogP contribution in [0, 0.1) is 10.1 Å². The second kappa shape index (κ2) is 10.5. The van der Waals surface area contributed by atoms with Crippen LogP contribution >= 0.6 is 35.4 Å². The predicted molar refractivity (Wildman–Crippen MR) is 138 cm³/mol. The molecule has 0 atom stereocenters. The minimum atomic E-state index is -0.477. The smallest absolute Gasteiger partial charge is 0.296 e. The highest BCUT2D eigenvalue weighted by molar-refractivity contribution is 7.80. The van der Waals surface area contributed by atoms with E-state index in [-0.39, 0.29) is 16.6 Å². The maximum Gasteiger partial charge on any atom is 0.296 e. The van der Waals surface area contributed by atoms with Gasteiger partial charge in [-0.3, -0.25) is 20.2 Å². The van der Waals surface area contributed by atoms with Crippen molar-refractivity contribution in [2.24, 2.45) is 0 Å². The van der Waals surface area contributed by atoms with Gasteiger partial charge in [0.2, 0.25) is 0 Å².